The van der Waals surface area contributed by atoms with Gasteiger partial charge in [0.25, 0.3) is 0 Å². The van der Waals surface area contributed by atoms with Crippen molar-refractivity contribution in [2.75, 3.05) is 6.54 Å². The number of hydrogen-bond donors (Lipinski definition) is 1. The third kappa shape index (κ3) is 3.58. The molecule has 15 heavy (non-hydrogen) atoms. The van der Waals surface area contributed by atoms with Crippen LogP contribution in [0.4, 0.5) is 4.79 Å². The van der Waals surface area contributed by atoms with E-state index in [1.807, 2.05) is 12.1 Å². The summed E-state index contributed by atoms with van der Waals surface area (Å²) in [5.74, 6) is 0. The van der Waals surface area contributed by atoms with Gasteiger partial charge in [0.05, 0.1) is 0 Å². The smallest absolute Gasteiger partial charge is 0.407 e. The van der Waals surface area contributed by atoms with Crippen LogP contribution in [0.3, 0.4) is 0 Å². The third-order valence-electron chi connectivity index (χ3n) is 2.23. The predicted molar refractivity (Wildman–Crippen MR) is 55.4 cm³/mol. The summed E-state index contributed by atoms with van der Waals surface area (Å²) in [7, 11) is 0. The molecule has 1 amide bonds. The normalized spacial score (nSPS) is 14.7. The topological polar surface area (TPSA) is 51.2 Å². The minimum atomic E-state index is -0.299. The van der Waals surface area contributed by atoms with Gasteiger partial charge in [-0.3, -0.25) is 4.98 Å². The fourth-order valence-electron chi connectivity index (χ4n) is 1.24. The minimum absolute atomic E-state index is 0.172. The van der Waals surface area contributed by atoms with E-state index in [1.165, 1.54) is 0 Å². The van der Waals surface area contributed by atoms with Gasteiger partial charge in [0.2, 0.25) is 0 Å². The summed E-state index contributed by atoms with van der Waals surface area (Å²) in [5.41, 5.74) is 1.16. The van der Waals surface area contributed by atoms with Crippen LogP contribution in [0.1, 0.15) is 18.4 Å². The minimum Gasteiger partial charge on any atom is -0.446 e. The Bertz CT molecular complexity index is 323. The number of pyridine rings is 1. The quantitative estimate of drug-likeness (QED) is 0.812. The van der Waals surface area contributed by atoms with Crippen molar-refractivity contribution in [1.82, 2.24) is 10.3 Å². The molecule has 0 spiro atoms. The van der Waals surface area contributed by atoms with Crippen LogP contribution in [-0.4, -0.2) is 23.7 Å². The van der Waals surface area contributed by atoms with Crippen LogP contribution in [0.25, 0.3) is 0 Å². The highest BCUT2D eigenvalue weighted by Gasteiger charge is 2.25. The van der Waals surface area contributed by atoms with Crippen LogP contribution < -0.4 is 5.32 Å². The second-order valence-electron chi connectivity index (χ2n) is 3.64. The van der Waals surface area contributed by atoms with E-state index < -0.39 is 0 Å². The molecule has 1 N–H and O–H groups in total. The van der Waals surface area contributed by atoms with E-state index in [-0.39, 0.29) is 12.2 Å². The largest absolute Gasteiger partial charge is 0.446 e. The van der Waals surface area contributed by atoms with Gasteiger partial charge in [0, 0.05) is 18.9 Å². The van der Waals surface area contributed by atoms with E-state index in [0.717, 1.165) is 24.8 Å². The molecule has 1 aromatic rings. The molecule has 0 radical (unpaired) electrons. The lowest BCUT2D eigenvalue weighted by Crippen LogP contribution is -2.27. The number of nitrogens with one attached hydrogen (secondary N) is 1. The molecule has 1 aliphatic rings. The molecule has 1 aromatic heterocycles. The van der Waals surface area contributed by atoms with Crippen LogP contribution in [0.15, 0.2) is 24.5 Å². The van der Waals surface area contributed by atoms with Gasteiger partial charge in [-0.25, -0.2) is 4.79 Å². The highest BCUT2D eigenvalue weighted by atomic mass is 16.6. The maximum Gasteiger partial charge on any atom is 0.407 e. The summed E-state index contributed by atoms with van der Waals surface area (Å²) < 4.78 is 5.04. The number of alkyl carbamates (subject to hydrolysis) is 1. The number of hydrogen-bond acceptors (Lipinski definition) is 3. The second kappa shape index (κ2) is 4.77. The van der Waals surface area contributed by atoms with Crippen LogP contribution in [-0.2, 0) is 11.2 Å². The fourth-order valence-corrected chi connectivity index (χ4v) is 1.24. The predicted octanol–water partition coefficient (Wildman–Crippen LogP) is 1.51. The van der Waals surface area contributed by atoms with Gasteiger partial charge in [-0.15, -0.1) is 0 Å². The second-order valence-corrected chi connectivity index (χ2v) is 3.64. The molecule has 0 saturated heterocycles. The van der Waals surface area contributed by atoms with Crippen molar-refractivity contribution in [3.05, 3.63) is 30.1 Å². The van der Waals surface area contributed by atoms with E-state index in [9.17, 15) is 4.79 Å². The van der Waals surface area contributed by atoms with Gasteiger partial charge >= 0.3 is 6.09 Å². The molecule has 1 aliphatic carbocycles. The highest BCUT2D eigenvalue weighted by molar-refractivity contribution is 5.67. The summed E-state index contributed by atoms with van der Waals surface area (Å²) in [6.07, 6.45) is 6.20. The van der Waals surface area contributed by atoms with Crippen molar-refractivity contribution in [2.45, 2.75) is 25.4 Å². The van der Waals surface area contributed by atoms with Gasteiger partial charge in [-0.05, 0) is 37.0 Å². The van der Waals surface area contributed by atoms with Crippen molar-refractivity contribution in [3.8, 4) is 0 Å². The molecule has 1 saturated carbocycles. The molecule has 2 rings (SSSR count). The molecule has 0 aliphatic heterocycles. The van der Waals surface area contributed by atoms with Crippen molar-refractivity contribution >= 4 is 6.09 Å². The van der Waals surface area contributed by atoms with E-state index in [1.54, 1.807) is 12.4 Å². The average Bonchev–Trinajstić information content (AvgIpc) is 3.03. The van der Waals surface area contributed by atoms with Gasteiger partial charge < -0.3 is 10.1 Å². The first-order valence-corrected chi connectivity index (χ1v) is 5.18. The Morgan fingerprint density at radius 2 is 2.20 bits per heavy atom. The summed E-state index contributed by atoms with van der Waals surface area (Å²) in [6, 6.07) is 3.88. The van der Waals surface area contributed by atoms with Gasteiger partial charge in [-0.2, -0.15) is 0 Å². The Kier molecular flexibility index (Phi) is 3.17. The SMILES string of the molecule is O=C(NCCc1ccncc1)OC1CC1. The molecule has 4 nitrogen and oxygen atoms in total. The molecular weight excluding hydrogens is 192 g/mol. The molecular formula is C11H14N2O2. The van der Waals surface area contributed by atoms with Crippen molar-refractivity contribution < 1.29 is 9.53 Å². The zero-order chi connectivity index (χ0) is 10.5. The maximum atomic E-state index is 11.1. The highest BCUT2D eigenvalue weighted by Crippen LogP contribution is 2.23. The van der Waals surface area contributed by atoms with Gasteiger partial charge in [0.1, 0.15) is 6.10 Å². The molecule has 4 heteroatoms. The van der Waals surface area contributed by atoms with E-state index >= 15 is 0 Å². The number of carbonyl (C=O) groups is 1. The van der Waals surface area contributed by atoms with Crippen molar-refractivity contribution in [2.24, 2.45) is 0 Å². The molecule has 0 atom stereocenters. The van der Waals surface area contributed by atoms with Crippen LogP contribution >= 0.6 is 0 Å². The molecule has 0 aromatic carbocycles. The standard InChI is InChI=1S/C11H14N2O2/c14-11(15-10-1-2-10)13-8-5-9-3-6-12-7-4-9/h3-4,6-7,10H,1-2,5,8H2,(H,13,14). The van der Waals surface area contributed by atoms with Crippen LogP contribution in [0.5, 0.6) is 0 Å². The van der Waals surface area contributed by atoms with E-state index in [2.05, 4.69) is 10.3 Å². The monoisotopic (exact) mass is 206 g/mol. The number of amides is 1. The Morgan fingerprint density at radius 3 is 2.87 bits per heavy atom. The lowest BCUT2D eigenvalue weighted by molar-refractivity contribution is 0.139. The van der Waals surface area contributed by atoms with Gasteiger partial charge in [-0.1, -0.05) is 0 Å². The van der Waals surface area contributed by atoms with Crippen molar-refractivity contribution in [3.63, 3.8) is 0 Å². The molecule has 0 unspecified atom stereocenters. The zero-order valence-electron chi connectivity index (χ0n) is 8.48. The Labute approximate surface area is 88.7 Å². The van der Waals surface area contributed by atoms with Crippen molar-refractivity contribution in [1.29, 1.82) is 0 Å². The number of aromatic nitrogens is 1. The first-order valence-electron chi connectivity index (χ1n) is 5.18. The van der Waals surface area contributed by atoms with Gasteiger partial charge in [0.15, 0.2) is 0 Å². The Morgan fingerprint density at radius 1 is 1.47 bits per heavy atom. The first-order chi connectivity index (χ1) is 7.34. The number of nitrogens with zero attached hydrogens (tertiary/aromatic N) is 1. The Balaban J connectivity index is 1.63. The Hall–Kier alpha value is -1.58. The number of rotatable bonds is 4. The van der Waals surface area contributed by atoms with Crippen LogP contribution in [0, 0.1) is 0 Å². The lowest BCUT2D eigenvalue weighted by atomic mass is 10.2. The van der Waals surface area contributed by atoms with Crippen LogP contribution in [0.2, 0.25) is 0 Å². The molecule has 80 valence electrons. The molecule has 0 bridgehead atoms. The number of carbonyl (C=O) groups excluding carboxylic acids is 1. The van der Waals surface area contributed by atoms with E-state index in [4.69, 9.17) is 4.74 Å². The summed E-state index contributed by atoms with van der Waals surface area (Å²) in [4.78, 5) is 15.1. The summed E-state index contributed by atoms with van der Waals surface area (Å²) >= 11 is 0. The first kappa shape index (κ1) is 9.96. The van der Waals surface area contributed by atoms with E-state index in [0.29, 0.717) is 6.54 Å². The summed E-state index contributed by atoms with van der Waals surface area (Å²) in [5, 5.41) is 2.72. The lowest BCUT2D eigenvalue weighted by Gasteiger charge is -2.05. The average molecular weight is 206 g/mol. The summed E-state index contributed by atoms with van der Waals surface area (Å²) in [6.45, 7) is 0.607. The molecule has 1 heterocycles. The zero-order valence-corrected chi connectivity index (χ0v) is 8.48. The number of ether oxygens (including phenoxy) is 1. The molecule has 1 fully saturated rings. The fraction of sp³-hybridized carbons (Fsp3) is 0.455. The third-order valence-corrected chi connectivity index (χ3v) is 2.23. The maximum absolute atomic E-state index is 11.1.